The minimum absolute atomic E-state index is 0.0657. The van der Waals surface area contributed by atoms with E-state index in [4.69, 9.17) is 16.3 Å². The van der Waals surface area contributed by atoms with E-state index in [9.17, 15) is 4.79 Å². The van der Waals surface area contributed by atoms with E-state index in [2.05, 4.69) is 5.32 Å². The van der Waals surface area contributed by atoms with Gasteiger partial charge in [0.2, 0.25) is 5.91 Å². The molecule has 1 amide bonds. The van der Waals surface area contributed by atoms with Gasteiger partial charge < -0.3 is 10.1 Å². The van der Waals surface area contributed by atoms with Gasteiger partial charge >= 0.3 is 0 Å². The highest BCUT2D eigenvalue weighted by Crippen LogP contribution is 2.22. The van der Waals surface area contributed by atoms with Gasteiger partial charge in [-0.25, -0.2) is 0 Å². The second-order valence-electron chi connectivity index (χ2n) is 4.34. The summed E-state index contributed by atoms with van der Waals surface area (Å²) in [7, 11) is 1.63. The van der Waals surface area contributed by atoms with Gasteiger partial charge in [0.05, 0.1) is 17.8 Å². The predicted octanol–water partition coefficient (Wildman–Crippen LogP) is 3.92. The highest BCUT2D eigenvalue weighted by atomic mass is 35.5. The number of aryl methyl sites for hydroxylation is 1. The number of anilines is 1. The fourth-order valence-corrected chi connectivity index (χ4v) is 2.12. The van der Waals surface area contributed by atoms with Gasteiger partial charge in [-0.05, 0) is 30.2 Å². The third kappa shape index (κ3) is 3.75. The number of amides is 1. The summed E-state index contributed by atoms with van der Waals surface area (Å²) < 4.78 is 5.26. The molecule has 20 heavy (non-hydrogen) atoms. The predicted molar refractivity (Wildman–Crippen MR) is 81.4 cm³/mol. The smallest absolute Gasteiger partial charge is 0.224 e. The normalized spacial score (nSPS) is 10.1. The summed E-state index contributed by atoms with van der Waals surface area (Å²) in [5.41, 5.74) is 1.66. The average molecular weight is 290 g/mol. The van der Waals surface area contributed by atoms with Gasteiger partial charge in [-0.1, -0.05) is 41.9 Å². The first-order valence-corrected chi connectivity index (χ1v) is 6.75. The van der Waals surface area contributed by atoms with Crippen molar-refractivity contribution in [3.05, 3.63) is 59.1 Å². The molecule has 2 aromatic rings. The van der Waals surface area contributed by atoms with Crippen molar-refractivity contribution in [1.29, 1.82) is 0 Å². The zero-order valence-corrected chi connectivity index (χ0v) is 12.0. The molecule has 3 nitrogen and oxygen atoms in total. The molecule has 4 heteroatoms. The monoisotopic (exact) mass is 289 g/mol. The van der Waals surface area contributed by atoms with E-state index in [-0.39, 0.29) is 5.91 Å². The third-order valence-electron chi connectivity index (χ3n) is 2.96. The molecule has 0 radical (unpaired) electrons. The van der Waals surface area contributed by atoms with Crippen LogP contribution in [0, 0.1) is 0 Å². The van der Waals surface area contributed by atoms with E-state index in [0.717, 1.165) is 11.3 Å². The molecule has 1 N–H and O–H groups in total. The van der Waals surface area contributed by atoms with E-state index in [1.807, 2.05) is 36.4 Å². The highest BCUT2D eigenvalue weighted by Gasteiger charge is 2.08. The highest BCUT2D eigenvalue weighted by molar-refractivity contribution is 6.33. The first-order valence-electron chi connectivity index (χ1n) is 6.37. The Hall–Kier alpha value is -2.00. The number of para-hydroxylation sites is 2. The van der Waals surface area contributed by atoms with Crippen LogP contribution in [-0.4, -0.2) is 13.0 Å². The maximum atomic E-state index is 11.9. The summed E-state index contributed by atoms with van der Waals surface area (Å²) in [4.78, 5) is 11.9. The molecule has 2 aromatic carbocycles. The Bertz CT molecular complexity index is 599. The first kappa shape index (κ1) is 14.4. The quantitative estimate of drug-likeness (QED) is 0.906. The Morgan fingerprint density at radius 1 is 1.15 bits per heavy atom. The SMILES string of the molecule is COc1ccccc1CCC(=O)Nc1ccccc1Cl. The molecule has 0 unspecified atom stereocenters. The van der Waals surface area contributed by atoms with E-state index in [0.29, 0.717) is 23.6 Å². The van der Waals surface area contributed by atoms with Crippen molar-refractivity contribution in [2.75, 3.05) is 12.4 Å². The second kappa shape index (κ2) is 6.96. The number of benzene rings is 2. The Labute approximate surface area is 123 Å². The van der Waals surface area contributed by atoms with E-state index in [1.165, 1.54) is 0 Å². The van der Waals surface area contributed by atoms with Crippen molar-refractivity contribution in [3.8, 4) is 5.75 Å². The topological polar surface area (TPSA) is 38.3 Å². The molecular formula is C16H16ClNO2. The van der Waals surface area contributed by atoms with Crippen molar-refractivity contribution in [2.45, 2.75) is 12.8 Å². The fourth-order valence-electron chi connectivity index (χ4n) is 1.93. The number of hydrogen-bond donors (Lipinski definition) is 1. The summed E-state index contributed by atoms with van der Waals surface area (Å²) in [5.74, 6) is 0.738. The van der Waals surface area contributed by atoms with Crippen LogP contribution >= 0.6 is 11.6 Å². The van der Waals surface area contributed by atoms with Gasteiger partial charge in [-0.15, -0.1) is 0 Å². The molecule has 0 saturated heterocycles. The zero-order chi connectivity index (χ0) is 14.4. The number of hydrogen-bond acceptors (Lipinski definition) is 2. The van der Waals surface area contributed by atoms with Crippen molar-refractivity contribution >= 4 is 23.2 Å². The van der Waals surface area contributed by atoms with Crippen LogP contribution in [0.1, 0.15) is 12.0 Å². The van der Waals surface area contributed by atoms with Gasteiger partial charge in [0.1, 0.15) is 5.75 Å². The van der Waals surface area contributed by atoms with Gasteiger partial charge in [-0.3, -0.25) is 4.79 Å². The van der Waals surface area contributed by atoms with Crippen LogP contribution in [0.25, 0.3) is 0 Å². The van der Waals surface area contributed by atoms with E-state index < -0.39 is 0 Å². The second-order valence-corrected chi connectivity index (χ2v) is 4.75. The van der Waals surface area contributed by atoms with Crippen molar-refractivity contribution in [3.63, 3.8) is 0 Å². The number of ether oxygens (including phenoxy) is 1. The molecule has 0 saturated carbocycles. The van der Waals surface area contributed by atoms with Crippen molar-refractivity contribution in [1.82, 2.24) is 0 Å². The van der Waals surface area contributed by atoms with Crippen LogP contribution in [0.4, 0.5) is 5.69 Å². The zero-order valence-electron chi connectivity index (χ0n) is 11.2. The number of halogens is 1. The molecule has 0 aliphatic rings. The summed E-state index contributed by atoms with van der Waals surface area (Å²) in [5, 5.41) is 3.35. The van der Waals surface area contributed by atoms with Gasteiger partial charge in [0.15, 0.2) is 0 Å². The Balaban J connectivity index is 1.94. The minimum Gasteiger partial charge on any atom is -0.496 e. The summed E-state index contributed by atoms with van der Waals surface area (Å²) in [6, 6.07) is 14.9. The lowest BCUT2D eigenvalue weighted by molar-refractivity contribution is -0.116. The molecule has 0 heterocycles. The molecule has 0 spiro atoms. The summed E-state index contributed by atoms with van der Waals surface area (Å²) in [6.45, 7) is 0. The molecule has 0 atom stereocenters. The molecule has 0 fully saturated rings. The van der Waals surface area contributed by atoms with Gasteiger partial charge in [0.25, 0.3) is 0 Å². The molecule has 0 aliphatic carbocycles. The number of rotatable bonds is 5. The molecule has 104 valence electrons. The van der Waals surface area contributed by atoms with Crippen molar-refractivity contribution < 1.29 is 9.53 Å². The number of methoxy groups -OCH3 is 1. The van der Waals surface area contributed by atoms with Crippen LogP contribution in [0.3, 0.4) is 0 Å². The maximum absolute atomic E-state index is 11.9. The van der Waals surface area contributed by atoms with Crippen LogP contribution in [0.15, 0.2) is 48.5 Å². The lowest BCUT2D eigenvalue weighted by atomic mass is 10.1. The standard InChI is InChI=1S/C16H16ClNO2/c1-20-15-9-5-2-6-12(15)10-11-16(19)18-14-8-4-3-7-13(14)17/h2-9H,10-11H2,1H3,(H,18,19). The largest absolute Gasteiger partial charge is 0.496 e. The minimum atomic E-state index is -0.0657. The van der Waals surface area contributed by atoms with Crippen LogP contribution < -0.4 is 10.1 Å². The maximum Gasteiger partial charge on any atom is 0.224 e. The fraction of sp³-hybridized carbons (Fsp3) is 0.188. The third-order valence-corrected chi connectivity index (χ3v) is 3.29. The number of nitrogens with one attached hydrogen (secondary N) is 1. The number of carbonyl (C=O) groups is 1. The Kier molecular flexibility index (Phi) is 5.02. The van der Waals surface area contributed by atoms with Crippen LogP contribution in [-0.2, 0) is 11.2 Å². The van der Waals surface area contributed by atoms with Crippen LogP contribution in [0.5, 0.6) is 5.75 Å². The Morgan fingerprint density at radius 2 is 1.85 bits per heavy atom. The summed E-state index contributed by atoms with van der Waals surface area (Å²) in [6.07, 6.45) is 1.01. The average Bonchev–Trinajstić information content (AvgIpc) is 2.48. The Morgan fingerprint density at radius 3 is 2.60 bits per heavy atom. The molecule has 0 bridgehead atoms. The van der Waals surface area contributed by atoms with E-state index >= 15 is 0 Å². The lowest BCUT2D eigenvalue weighted by Crippen LogP contribution is -2.12. The lowest BCUT2D eigenvalue weighted by Gasteiger charge is -2.09. The first-order chi connectivity index (χ1) is 9.70. The molecular weight excluding hydrogens is 274 g/mol. The van der Waals surface area contributed by atoms with Gasteiger partial charge in [0, 0.05) is 6.42 Å². The number of carbonyl (C=O) groups excluding carboxylic acids is 1. The van der Waals surface area contributed by atoms with Crippen molar-refractivity contribution in [2.24, 2.45) is 0 Å². The van der Waals surface area contributed by atoms with Crippen LogP contribution in [0.2, 0.25) is 5.02 Å². The molecule has 0 aliphatic heterocycles. The molecule has 2 rings (SSSR count). The summed E-state index contributed by atoms with van der Waals surface area (Å²) >= 11 is 6.00. The van der Waals surface area contributed by atoms with Gasteiger partial charge in [-0.2, -0.15) is 0 Å². The van der Waals surface area contributed by atoms with E-state index in [1.54, 1.807) is 19.2 Å². The molecule has 0 aromatic heterocycles.